The predicted molar refractivity (Wildman–Crippen MR) is 135 cm³/mol. The summed E-state index contributed by atoms with van der Waals surface area (Å²) in [6.45, 7) is 7.17. The molecule has 2 aromatic carbocycles. The lowest BCUT2D eigenvalue weighted by atomic mass is 10.1. The summed E-state index contributed by atoms with van der Waals surface area (Å²) >= 11 is 0. The van der Waals surface area contributed by atoms with Gasteiger partial charge in [-0.3, -0.25) is 4.79 Å². The number of nitrogen functional groups attached to an aromatic ring is 1. The van der Waals surface area contributed by atoms with Gasteiger partial charge >= 0.3 is 0 Å². The van der Waals surface area contributed by atoms with Crippen LogP contribution in [0, 0.1) is 0 Å². The Balaban J connectivity index is 1.60. The van der Waals surface area contributed by atoms with E-state index in [1.807, 2.05) is 19.1 Å². The molecule has 1 aliphatic rings. The van der Waals surface area contributed by atoms with Gasteiger partial charge < -0.3 is 31.3 Å². The molecule has 2 heterocycles. The number of primary amides is 1. The summed E-state index contributed by atoms with van der Waals surface area (Å²) < 4.78 is 5.96. The first-order valence-corrected chi connectivity index (χ1v) is 11.4. The first-order valence-electron chi connectivity index (χ1n) is 11.4. The first kappa shape index (κ1) is 23.3. The molecular formula is C25H31N7O2. The summed E-state index contributed by atoms with van der Waals surface area (Å²) in [6, 6.07) is 15.5. The van der Waals surface area contributed by atoms with Gasteiger partial charge in [0, 0.05) is 48.8 Å². The van der Waals surface area contributed by atoms with Crippen molar-refractivity contribution in [1.82, 2.24) is 14.9 Å². The van der Waals surface area contributed by atoms with E-state index in [1.54, 1.807) is 24.3 Å². The maximum absolute atomic E-state index is 12.1. The largest absolute Gasteiger partial charge is 0.437 e. The fourth-order valence-corrected chi connectivity index (χ4v) is 4.11. The Bertz CT molecular complexity index is 1170. The van der Waals surface area contributed by atoms with E-state index in [2.05, 4.69) is 51.2 Å². The molecule has 178 valence electrons. The van der Waals surface area contributed by atoms with Gasteiger partial charge in [-0.25, -0.2) is 4.98 Å². The lowest BCUT2D eigenvalue weighted by Crippen LogP contribution is -2.50. The van der Waals surface area contributed by atoms with E-state index in [-0.39, 0.29) is 11.5 Å². The smallest absolute Gasteiger partial charge is 0.271 e. The van der Waals surface area contributed by atoms with Crippen LogP contribution < -0.4 is 26.4 Å². The molecule has 5 N–H and O–H groups in total. The average molecular weight is 462 g/mol. The molecule has 4 rings (SSSR count). The molecule has 1 atom stereocenters. The highest BCUT2D eigenvalue weighted by Gasteiger charge is 2.22. The summed E-state index contributed by atoms with van der Waals surface area (Å²) in [5.74, 6) is 0.406. The quantitative estimate of drug-likeness (QED) is 0.458. The molecule has 1 amide bonds. The zero-order valence-electron chi connectivity index (χ0n) is 19.8. The number of hydrogen-bond acceptors (Lipinski definition) is 8. The van der Waals surface area contributed by atoms with E-state index in [4.69, 9.17) is 16.2 Å². The van der Waals surface area contributed by atoms with Crippen LogP contribution in [0.2, 0.25) is 0 Å². The summed E-state index contributed by atoms with van der Waals surface area (Å²) in [5.41, 5.74) is 14.6. The fraction of sp³-hybridized carbons (Fsp3) is 0.320. The number of amides is 1. The molecule has 1 aliphatic heterocycles. The van der Waals surface area contributed by atoms with Gasteiger partial charge in [0.2, 0.25) is 5.88 Å². The third-order valence-corrected chi connectivity index (χ3v) is 5.86. The minimum Gasteiger partial charge on any atom is -0.437 e. The third kappa shape index (κ3) is 5.20. The molecule has 3 aromatic rings. The molecule has 1 saturated heterocycles. The molecule has 0 aliphatic carbocycles. The van der Waals surface area contributed by atoms with Crippen molar-refractivity contribution < 1.29 is 9.53 Å². The van der Waals surface area contributed by atoms with Crippen molar-refractivity contribution in [2.75, 3.05) is 42.6 Å². The maximum atomic E-state index is 12.1. The summed E-state index contributed by atoms with van der Waals surface area (Å²) in [6.07, 6.45) is 0.517. The van der Waals surface area contributed by atoms with Gasteiger partial charge in [-0.05, 0) is 56.8 Å². The van der Waals surface area contributed by atoms with Gasteiger partial charge in [-0.1, -0.05) is 13.0 Å². The number of nitrogens with zero attached hydrogens (tertiary/aromatic N) is 4. The number of likely N-dealkylation sites (N-methyl/N-ethyl adjacent to an activating group) is 1. The highest BCUT2D eigenvalue weighted by Crippen LogP contribution is 2.29. The second kappa shape index (κ2) is 9.96. The van der Waals surface area contributed by atoms with Crippen LogP contribution in [-0.4, -0.2) is 53.5 Å². The highest BCUT2D eigenvalue weighted by atomic mass is 16.5. The van der Waals surface area contributed by atoms with Gasteiger partial charge in [-0.2, -0.15) is 4.98 Å². The molecular weight excluding hydrogens is 430 g/mol. The van der Waals surface area contributed by atoms with Gasteiger partial charge in [-0.15, -0.1) is 0 Å². The first-order chi connectivity index (χ1) is 16.3. The van der Waals surface area contributed by atoms with Crippen LogP contribution in [0.4, 0.5) is 22.9 Å². The van der Waals surface area contributed by atoms with Crippen LogP contribution in [0.3, 0.4) is 0 Å². The number of benzene rings is 2. The van der Waals surface area contributed by atoms with Crippen molar-refractivity contribution in [1.29, 1.82) is 0 Å². The molecule has 0 saturated carbocycles. The molecule has 0 unspecified atom stereocenters. The van der Waals surface area contributed by atoms with Gasteiger partial charge in [0.25, 0.3) is 5.91 Å². The van der Waals surface area contributed by atoms with Crippen LogP contribution in [0.15, 0.2) is 48.5 Å². The molecule has 9 heteroatoms. The standard InChI is InChI=1S/C25H31N7O2/c1-4-21-25(34-20-7-5-6-17(26)14-20)30-24(22(29-21)23(27)33)28-18-8-10-19(11-9-18)32-13-12-31(3)15-16(32)2/h5-11,14,16H,4,12-13,15,26H2,1-3H3,(H2,27,33)(H,28,30)/t16-/m1/s1. The van der Waals surface area contributed by atoms with Crippen molar-refractivity contribution in [3.8, 4) is 11.6 Å². The number of aryl methyl sites for hydroxylation is 1. The van der Waals surface area contributed by atoms with Crippen molar-refractivity contribution in [3.05, 3.63) is 59.9 Å². The Labute approximate surface area is 199 Å². The molecule has 9 nitrogen and oxygen atoms in total. The van der Waals surface area contributed by atoms with Gasteiger partial charge in [0.15, 0.2) is 11.5 Å². The van der Waals surface area contributed by atoms with E-state index >= 15 is 0 Å². The number of carbonyl (C=O) groups is 1. The molecule has 34 heavy (non-hydrogen) atoms. The zero-order valence-corrected chi connectivity index (χ0v) is 19.8. The number of nitrogens with one attached hydrogen (secondary N) is 1. The number of anilines is 4. The Morgan fingerprint density at radius 1 is 1.18 bits per heavy atom. The van der Waals surface area contributed by atoms with Crippen molar-refractivity contribution >= 4 is 28.8 Å². The predicted octanol–water partition coefficient (Wildman–Crippen LogP) is 3.40. The minimum atomic E-state index is -0.664. The van der Waals surface area contributed by atoms with E-state index in [1.165, 1.54) is 0 Å². The number of aromatic nitrogens is 2. The topological polar surface area (TPSA) is 123 Å². The van der Waals surface area contributed by atoms with Crippen LogP contribution in [-0.2, 0) is 6.42 Å². The summed E-state index contributed by atoms with van der Waals surface area (Å²) in [7, 11) is 2.15. The van der Waals surface area contributed by atoms with Gasteiger partial charge in [0.1, 0.15) is 11.4 Å². The second-order valence-electron chi connectivity index (χ2n) is 8.54. The average Bonchev–Trinajstić information content (AvgIpc) is 2.80. The van der Waals surface area contributed by atoms with E-state index in [0.717, 1.165) is 31.0 Å². The fourth-order valence-electron chi connectivity index (χ4n) is 4.11. The van der Waals surface area contributed by atoms with E-state index in [9.17, 15) is 4.79 Å². The lowest BCUT2D eigenvalue weighted by molar-refractivity contribution is 0.0996. The summed E-state index contributed by atoms with van der Waals surface area (Å²) in [5, 5.41) is 3.19. The Kier molecular flexibility index (Phi) is 6.83. The van der Waals surface area contributed by atoms with Crippen molar-refractivity contribution in [3.63, 3.8) is 0 Å². The lowest BCUT2D eigenvalue weighted by Gasteiger charge is -2.39. The van der Waals surface area contributed by atoms with Crippen LogP contribution in [0.25, 0.3) is 0 Å². The maximum Gasteiger partial charge on any atom is 0.271 e. The molecule has 0 radical (unpaired) electrons. The normalized spacial score (nSPS) is 16.3. The number of rotatable bonds is 7. The number of ether oxygens (including phenoxy) is 1. The number of carbonyl (C=O) groups excluding carboxylic acids is 1. The Hall–Kier alpha value is -3.85. The highest BCUT2D eigenvalue weighted by molar-refractivity contribution is 5.96. The summed E-state index contributed by atoms with van der Waals surface area (Å²) in [4.78, 5) is 25.9. The van der Waals surface area contributed by atoms with Crippen molar-refractivity contribution in [2.45, 2.75) is 26.3 Å². The minimum absolute atomic E-state index is 0.0635. The Morgan fingerprint density at radius 2 is 1.94 bits per heavy atom. The molecule has 1 fully saturated rings. The van der Waals surface area contributed by atoms with Gasteiger partial charge in [0.05, 0.1) is 0 Å². The third-order valence-electron chi connectivity index (χ3n) is 5.86. The van der Waals surface area contributed by atoms with E-state index in [0.29, 0.717) is 35.5 Å². The monoisotopic (exact) mass is 461 g/mol. The van der Waals surface area contributed by atoms with E-state index < -0.39 is 5.91 Å². The number of hydrogen-bond donors (Lipinski definition) is 3. The van der Waals surface area contributed by atoms with Crippen LogP contribution in [0.1, 0.15) is 30.0 Å². The molecule has 0 spiro atoms. The van der Waals surface area contributed by atoms with Crippen LogP contribution >= 0.6 is 0 Å². The molecule has 1 aromatic heterocycles. The SMILES string of the molecule is CCc1nc(C(N)=O)c(Nc2ccc(N3CCN(C)C[C@H]3C)cc2)nc1Oc1cccc(N)c1. The number of piperazine rings is 1. The number of nitrogens with two attached hydrogens (primary N) is 2. The zero-order chi connectivity index (χ0) is 24.2. The Morgan fingerprint density at radius 3 is 2.59 bits per heavy atom. The van der Waals surface area contributed by atoms with Crippen molar-refractivity contribution in [2.24, 2.45) is 5.73 Å². The van der Waals surface area contributed by atoms with Crippen LogP contribution in [0.5, 0.6) is 11.6 Å². The molecule has 0 bridgehead atoms. The second-order valence-corrected chi connectivity index (χ2v) is 8.54.